The minimum Gasteiger partial charge on any atom is -0.423 e. The minimum atomic E-state index is -1.76. The van der Waals surface area contributed by atoms with E-state index in [0.717, 1.165) is 11.1 Å². The van der Waals surface area contributed by atoms with Crippen molar-refractivity contribution in [3.63, 3.8) is 0 Å². The van der Waals surface area contributed by atoms with Gasteiger partial charge in [0, 0.05) is 7.05 Å². The van der Waals surface area contributed by atoms with Crippen LogP contribution in [0.1, 0.15) is 10.4 Å². The monoisotopic (exact) mass is 227 g/mol. The molecule has 0 spiro atoms. The van der Waals surface area contributed by atoms with Gasteiger partial charge in [-0.15, -0.1) is 0 Å². The Labute approximate surface area is 92.2 Å². The summed E-state index contributed by atoms with van der Waals surface area (Å²) in [5.74, 6) is -1.49. The second-order valence-electron chi connectivity index (χ2n) is 3.10. The van der Waals surface area contributed by atoms with E-state index in [1.54, 1.807) is 0 Å². The maximum atomic E-state index is 13.4. The molecule has 0 radical (unpaired) electrons. The first-order valence-corrected chi connectivity index (χ1v) is 4.45. The van der Waals surface area contributed by atoms with Crippen molar-refractivity contribution in [1.82, 2.24) is 5.06 Å². The van der Waals surface area contributed by atoms with E-state index >= 15 is 0 Å². The van der Waals surface area contributed by atoms with Crippen LogP contribution >= 0.6 is 0 Å². The summed E-state index contributed by atoms with van der Waals surface area (Å²) in [5, 5.41) is 18.5. The highest BCUT2D eigenvalue weighted by Crippen LogP contribution is 2.08. The van der Waals surface area contributed by atoms with Crippen LogP contribution in [0.5, 0.6) is 0 Å². The molecule has 5 nitrogen and oxygen atoms in total. The van der Waals surface area contributed by atoms with Gasteiger partial charge in [0.2, 0.25) is 0 Å². The van der Waals surface area contributed by atoms with Gasteiger partial charge in [0.25, 0.3) is 5.91 Å². The van der Waals surface area contributed by atoms with Crippen molar-refractivity contribution < 1.29 is 24.1 Å². The molecule has 0 saturated carbocycles. The quantitative estimate of drug-likeness (QED) is 0.520. The summed E-state index contributed by atoms with van der Waals surface area (Å²) < 4.78 is 13.4. The van der Waals surface area contributed by atoms with Crippen LogP contribution in [0.3, 0.4) is 0 Å². The maximum absolute atomic E-state index is 13.4. The minimum absolute atomic E-state index is 0.0193. The molecular weight excluding hydrogens is 216 g/mol. The summed E-state index contributed by atoms with van der Waals surface area (Å²) in [6, 6.07) is 3.31. The Hall–Kier alpha value is -1.44. The molecule has 86 valence electrons. The molecule has 7 heteroatoms. The van der Waals surface area contributed by atoms with Crippen molar-refractivity contribution in [3.8, 4) is 0 Å². The molecule has 0 bridgehead atoms. The van der Waals surface area contributed by atoms with Crippen LogP contribution in [0, 0.1) is 5.82 Å². The van der Waals surface area contributed by atoms with Gasteiger partial charge in [-0.2, -0.15) is 0 Å². The Balaban J connectivity index is 3.04. The summed E-state index contributed by atoms with van der Waals surface area (Å²) >= 11 is 0. The van der Waals surface area contributed by atoms with E-state index in [1.165, 1.54) is 26.3 Å². The predicted octanol–water partition coefficient (Wildman–Crippen LogP) is -0.861. The number of amides is 1. The molecule has 0 fully saturated rings. The number of rotatable bonds is 3. The van der Waals surface area contributed by atoms with Gasteiger partial charge in [-0.25, -0.2) is 9.45 Å². The van der Waals surface area contributed by atoms with Crippen LogP contribution < -0.4 is 5.46 Å². The zero-order chi connectivity index (χ0) is 12.3. The zero-order valence-corrected chi connectivity index (χ0v) is 8.85. The molecule has 0 unspecified atom stereocenters. The number of hydrogen-bond donors (Lipinski definition) is 2. The van der Waals surface area contributed by atoms with Crippen LogP contribution in [0.4, 0.5) is 4.39 Å². The SMILES string of the molecule is CON(C)C(=O)c1ccc(B(O)O)cc1F. The number of halogens is 1. The molecule has 1 rings (SSSR count). The van der Waals surface area contributed by atoms with Gasteiger partial charge in [0.15, 0.2) is 0 Å². The van der Waals surface area contributed by atoms with E-state index in [0.29, 0.717) is 0 Å². The van der Waals surface area contributed by atoms with Crippen molar-refractivity contribution >= 4 is 18.5 Å². The molecule has 0 aliphatic carbocycles. The average Bonchev–Trinajstić information content (AvgIpc) is 2.26. The molecule has 0 heterocycles. The standard InChI is InChI=1S/C9H11BFNO4/c1-12(16-2)9(13)7-4-3-6(10(14)15)5-8(7)11/h3-5,14-15H,1-2H3. The van der Waals surface area contributed by atoms with Gasteiger partial charge in [-0.1, -0.05) is 6.07 Å². The smallest absolute Gasteiger partial charge is 0.423 e. The molecule has 0 aliphatic heterocycles. The summed E-state index contributed by atoms with van der Waals surface area (Å²) in [6.45, 7) is 0. The Bertz CT molecular complexity index is 399. The van der Waals surface area contributed by atoms with Crippen molar-refractivity contribution in [2.24, 2.45) is 0 Å². The molecule has 0 aliphatic rings. The Kier molecular flexibility index (Phi) is 4.00. The predicted molar refractivity (Wildman–Crippen MR) is 55.3 cm³/mol. The van der Waals surface area contributed by atoms with Gasteiger partial charge >= 0.3 is 7.12 Å². The molecule has 0 saturated heterocycles. The van der Waals surface area contributed by atoms with E-state index in [1.807, 2.05) is 0 Å². The Morgan fingerprint density at radius 3 is 2.56 bits per heavy atom. The Morgan fingerprint density at radius 1 is 1.50 bits per heavy atom. The summed E-state index contributed by atoms with van der Waals surface area (Å²) in [4.78, 5) is 16.1. The third-order valence-corrected chi connectivity index (χ3v) is 2.08. The van der Waals surface area contributed by atoms with Crippen LogP contribution in [-0.4, -0.2) is 42.3 Å². The number of carbonyl (C=O) groups is 1. The van der Waals surface area contributed by atoms with Crippen LogP contribution in [0.2, 0.25) is 0 Å². The highest BCUT2D eigenvalue weighted by molar-refractivity contribution is 6.58. The zero-order valence-electron chi connectivity index (χ0n) is 8.85. The number of carbonyl (C=O) groups excluding carboxylic acids is 1. The second-order valence-corrected chi connectivity index (χ2v) is 3.10. The normalized spacial score (nSPS) is 10.1. The fourth-order valence-corrected chi connectivity index (χ4v) is 1.12. The average molecular weight is 227 g/mol. The maximum Gasteiger partial charge on any atom is 0.488 e. The highest BCUT2D eigenvalue weighted by Gasteiger charge is 2.19. The van der Waals surface area contributed by atoms with Crippen molar-refractivity contribution in [1.29, 1.82) is 0 Å². The number of nitrogens with zero attached hydrogens (tertiary/aromatic N) is 1. The van der Waals surface area contributed by atoms with Crippen molar-refractivity contribution in [2.45, 2.75) is 0 Å². The summed E-state index contributed by atoms with van der Waals surface area (Å²) in [6.07, 6.45) is 0. The third kappa shape index (κ3) is 2.57. The first-order chi connectivity index (χ1) is 7.47. The van der Waals surface area contributed by atoms with Gasteiger partial charge in [-0.3, -0.25) is 9.63 Å². The molecule has 0 aromatic heterocycles. The first-order valence-electron chi connectivity index (χ1n) is 4.45. The summed E-state index contributed by atoms with van der Waals surface area (Å²) in [7, 11) is 0.858. The fourth-order valence-electron chi connectivity index (χ4n) is 1.12. The lowest BCUT2D eigenvalue weighted by molar-refractivity contribution is -0.0759. The lowest BCUT2D eigenvalue weighted by atomic mass is 9.80. The van der Waals surface area contributed by atoms with Crippen LogP contribution in [-0.2, 0) is 4.84 Å². The van der Waals surface area contributed by atoms with E-state index in [9.17, 15) is 9.18 Å². The molecule has 16 heavy (non-hydrogen) atoms. The van der Waals surface area contributed by atoms with Gasteiger partial charge in [0.05, 0.1) is 12.7 Å². The number of benzene rings is 1. The fraction of sp³-hybridized carbons (Fsp3) is 0.222. The van der Waals surface area contributed by atoms with Crippen LogP contribution in [0.15, 0.2) is 18.2 Å². The molecule has 1 aromatic carbocycles. The van der Waals surface area contributed by atoms with Gasteiger partial charge in [0.1, 0.15) is 5.82 Å². The highest BCUT2D eigenvalue weighted by atomic mass is 19.1. The molecule has 2 N–H and O–H groups in total. The van der Waals surface area contributed by atoms with E-state index < -0.39 is 18.8 Å². The van der Waals surface area contributed by atoms with E-state index in [4.69, 9.17) is 10.0 Å². The Morgan fingerprint density at radius 2 is 2.12 bits per heavy atom. The van der Waals surface area contributed by atoms with E-state index in [2.05, 4.69) is 4.84 Å². The number of hydroxylamine groups is 2. The summed E-state index contributed by atoms with van der Waals surface area (Å²) in [5.41, 5.74) is -0.220. The van der Waals surface area contributed by atoms with Gasteiger partial charge < -0.3 is 10.0 Å². The molecular formula is C9H11BFNO4. The molecule has 0 atom stereocenters. The van der Waals surface area contributed by atoms with Crippen molar-refractivity contribution in [2.75, 3.05) is 14.2 Å². The van der Waals surface area contributed by atoms with Crippen LogP contribution in [0.25, 0.3) is 0 Å². The largest absolute Gasteiger partial charge is 0.488 e. The lowest BCUT2D eigenvalue weighted by Gasteiger charge is -2.14. The first kappa shape index (κ1) is 12.6. The topological polar surface area (TPSA) is 70.0 Å². The third-order valence-electron chi connectivity index (χ3n) is 2.08. The van der Waals surface area contributed by atoms with E-state index in [-0.39, 0.29) is 11.0 Å². The molecule has 1 aromatic rings. The molecule has 1 amide bonds. The number of hydrogen-bond acceptors (Lipinski definition) is 4. The van der Waals surface area contributed by atoms with Gasteiger partial charge in [-0.05, 0) is 17.6 Å². The van der Waals surface area contributed by atoms with Crippen molar-refractivity contribution in [3.05, 3.63) is 29.6 Å². The lowest BCUT2D eigenvalue weighted by Crippen LogP contribution is -2.32. The second kappa shape index (κ2) is 5.06.